The largest absolute Gasteiger partial charge is 0.494 e. The van der Waals surface area contributed by atoms with Crippen molar-refractivity contribution in [1.29, 1.82) is 0 Å². The first-order valence-electron chi connectivity index (χ1n) is 13.1. The molecule has 0 bridgehead atoms. The molecule has 1 N–H and O–H groups in total. The van der Waals surface area contributed by atoms with Crippen molar-refractivity contribution >= 4 is 21.4 Å². The van der Waals surface area contributed by atoms with E-state index in [2.05, 4.69) is 77.7 Å². The zero-order valence-electron chi connectivity index (χ0n) is 20.8. The molecular formula is C31H35NO3S. The van der Waals surface area contributed by atoms with E-state index in [1.165, 1.54) is 57.6 Å². The van der Waals surface area contributed by atoms with Gasteiger partial charge in [0.25, 0.3) is 0 Å². The Kier molecular flexibility index (Phi) is 8.55. The van der Waals surface area contributed by atoms with E-state index in [0.717, 1.165) is 43.9 Å². The Morgan fingerprint density at radius 1 is 0.778 bits per heavy atom. The van der Waals surface area contributed by atoms with Gasteiger partial charge in [0.05, 0.1) is 6.61 Å². The van der Waals surface area contributed by atoms with Gasteiger partial charge in [-0.05, 0) is 110 Å². The summed E-state index contributed by atoms with van der Waals surface area (Å²) in [5, 5.41) is 10.3. The fourth-order valence-corrected chi connectivity index (χ4v) is 6.05. The van der Waals surface area contributed by atoms with Crippen LogP contribution in [0.1, 0.15) is 36.8 Å². The molecule has 0 saturated carbocycles. The van der Waals surface area contributed by atoms with Gasteiger partial charge >= 0.3 is 0 Å². The zero-order chi connectivity index (χ0) is 24.6. The number of nitrogens with zero attached hydrogens (tertiary/aromatic N) is 1. The normalized spacial score (nSPS) is 13.9. The topological polar surface area (TPSA) is 41.9 Å². The molecule has 0 amide bonds. The molecule has 1 aliphatic heterocycles. The minimum Gasteiger partial charge on any atom is -0.494 e. The molecule has 2 heterocycles. The van der Waals surface area contributed by atoms with Gasteiger partial charge in [-0.3, -0.25) is 4.90 Å². The molecular weight excluding hydrogens is 466 g/mol. The number of fused-ring (bicyclic) bond motifs is 1. The number of hydrogen-bond donors (Lipinski definition) is 1. The Bertz CT molecular complexity index is 1230. The van der Waals surface area contributed by atoms with Crippen LogP contribution in [-0.4, -0.2) is 49.5 Å². The van der Waals surface area contributed by atoms with Crippen LogP contribution in [0.15, 0.2) is 72.8 Å². The maximum absolute atomic E-state index is 8.94. The summed E-state index contributed by atoms with van der Waals surface area (Å²) in [7, 11) is 0. The van der Waals surface area contributed by atoms with Crippen LogP contribution in [0.3, 0.4) is 0 Å². The van der Waals surface area contributed by atoms with Gasteiger partial charge in [0.1, 0.15) is 18.1 Å². The van der Waals surface area contributed by atoms with Gasteiger partial charge in [-0.2, -0.15) is 0 Å². The second-order valence-corrected chi connectivity index (χ2v) is 10.5. The van der Waals surface area contributed by atoms with E-state index in [9.17, 15) is 0 Å². The van der Waals surface area contributed by atoms with Crippen molar-refractivity contribution in [2.75, 3.05) is 39.5 Å². The molecule has 1 aromatic heterocycles. The van der Waals surface area contributed by atoms with Crippen molar-refractivity contribution in [1.82, 2.24) is 4.90 Å². The van der Waals surface area contributed by atoms with E-state index in [1.54, 1.807) is 0 Å². The van der Waals surface area contributed by atoms with Crippen LogP contribution < -0.4 is 9.47 Å². The second-order valence-electron chi connectivity index (χ2n) is 9.43. The third kappa shape index (κ3) is 6.28. The number of rotatable bonds is 12. The Labute approximate surface area is 218 Å². The first kappa shape index (κ1) is 24.8. The van der Waals surface area contributed by atoms with E-state index in [4.69, 9.17) is 14.6 Å². The van der Waals surface area contributed by atoms with Crippen LogP contribution in [-0.2, 0) is 6.42 Å². The van der Waals surface area contributed by atoms with E-state index >= 15 is 0 Å². The summed E-state index contributed by atoms with van der Waals surface area (Å²) in [4.78, 5) is 3.79. The van der Waals surface area contributed by atoms with Crippen molar-refractivity contribution in [3.8, 4) is 21.9 Å². The van der Waals surface area contributed by atoms with Crippen LogP contribution in [0.25, 0.3) is 20.5 Å². The number of likely N-dealkylation sites (tertiary alicyclic amines) is 1. The molecule has 0 atom stereocenters. The van der Waals surface area contributed by atoms with Gasteiger partial charge < -0.3 is 14.6 Å². The minimum absolute atomic E-state index is 0.214. The van der Waals surface area contributed by atoms with Gasteiger partial charge in [-0.1, -0.05) is 30.3 Å². The predicted octanol–water partition coefficient (Wildman–Crippen LogP) is 6.79. The van der Waals surface area contributed by atoms with Gasteiger partial charge in [0, 0.05) is 22.7 Å². The molecule has 0 radical (unpaired) electrons. The third-order valence-electron chi connectivity index (χ3n) is 6.82. The van der Waals surface area contributed by atoms with Crippen LogP contribution in [0, 0.1) is 0 Å². The van der Waals surface area contributed by atoms with Crippen LogP contribution in [0.5, 0.6) is 11.5 Å². The molecule has 3 aromatic carbocycles. The Hall–Kier alpha value is -2.86. The SMILES string of the molecule is OCCCCOc1ccc(-c2sc3ccccc3c2Cc2ccc(OCCN3CCCC3)cc2)cc1. The fourth-order valence-electron chi connectivity index (χ4n) is 4.82. The molecule has 0 aliphatic carbocycles. The first-order chi connectivity index (χ1) is 17.8. The highest BCUT2D eigenvalue weighted by Gasteiger charge is 2.15. The first-order valence-corrected chi connectivity index (χ1v) is 13.9. The Morgan fingerprint density at radius 3 is 2.22 bits per heavy atom. The quantitative estimate of drug-likeness (QED) is 0.217. The number of benzene rings is 3. The van der Waals surface area contributed by atoms with Gasteiger partial charge in [0.15, 0.2) is 0 Å². The zero-order valence-corrected chi connectivity index (χ0v) is 21.6. The average Bonchev–Trinajstić information content (AvgIpc) is 3.56. The van der Waals surface area contributed by atoms with E-state index < -0.39 is 0 Å². The Balaban J connectivity index is 1.29. The molecule has 1 fully saturated rings. The number of ether oxygens (including phenoxy) is 2. The standard InChI is InChI=1S/C31H35NO3S/c33-20-5-6-21-34-27-15-11-25(12-16-27)31-29(28-7-1-2-8-30(28)36-31)23-24-9-13-26(14-10-24)35-22-19-32-17-3-4-18-32/h1-2,7-16,33H,3-6,17-23H2. The minimum atomic E-state index is 0.214. The summed E-state index contributed by atoms with van der Waals surface area (Å²) in [6.07, 6.45) is 5.15. The van der Waals surface area contributed by atoms with E-state index in [-0.39, 0.29) is 6.61 Å². The van der Waals surface area contributed by atoms with Crippen molar-refractivity contribution in [3.05, 3.63) is 83.9 Å². The summed E-state index contributed by atoms with van der Waals surface area (Å²) in [6.45, 7) is 5.02. The molecule has 36 heavy (non-hydrogen) atoms. The second kappa shape index (κ2) is 12.4. The van der Waals surface area contributed by atoms with Crippen LogP contribution in [0.4, 0.5) is 0 Å². The van der Waals surface area contributed by atoms with Crippen molar-refractivity contribution in [3.63, 3.8) is 0 Å². The smallest absolute Gasteiger partial charge is 0.119 e. The molecule has 0 unspecified atom stereocenters. The van der Waals surface area contributed by atoms with Gasteiger partial charge in [-0.25, -0.2) is 0 Å². The summed E-state index contributed by atoms with van der Waals surface area (Å²) in [6, 6.07) is 25.7. The van der Waals surface area contributed by atoms with Crippen molar-refractivity contribution in [2.24, 2.45) is 0 Å². The molecule has 188 valence electrons. The molecule has 1 aliphatic rings. The number of hydrogen-bond acceptors (Lipinski definition) is 5. The molecule has 0 spiro atoms. The molecule has 1 saturated heterocycles. The van der Waals surface area contributed by atoms with E-state index in [1.807, 2.05) is 11.3 Å². The maximum Gasteiger partial charge on any atom is 0.119 e. The Morgan fingerprint density at radius 2 is 1.47 bits per heavy atom. The molecule has 5 rings (SSSR count). The lowest BCUT2D eigenvalue weighted by Crippen LogP contribution is -2.25. The maximum atomic E-state index is 8.94. The number of unbranched alkanes of at least 4 members (excludes halogenated alkanes) is 1. The summed E-state index contributed by atoms with van der Waals surface area (Å²) in [5.74, 6) is 1.82. The van der Waals surface area contributed by atoms with E-state index in [0.29, 0.717) is 6.61 Å². The number of thiophene rings is 1. The summed E-state index contributed by atoms with van der Waals surface area (Å²) >= 11 is 1.85. The number of aliphatic hydroxyl groups is 1. The highest BCUT2D eigenvalue weighted by atomic mass is 32.1. The fraction of sp³-hybridized carbons (Fsp3) is 0.355. The third-order valence-corrected chi connectivity index (χ3v) is 8.08. The van der Waals surface area contributed by atoms with Crippen molar-refractivity contribution < 1.29 is 14.6 Å². The summed E-state index contributed by atoms with van der Waals surface area (Å²) in [5.41, 5.74) is 3.88. The van der Waals surface area contributed by atoms with Gasteiger partial charge in [-0.15, -0.1) is 11.3 Å². The van der Waals surface area contributed by atoms with Crippen LogP contribution in [0.2, 0.25) is 0 Å². The lowest BCUT2D eigenvalue weighted by molar-refractivity contribution is 0.238. The highest BCUT2D eigenvalue weighted by Crippen LogP contribution is 2.40. The molecule has 4 aromatic rings. The highest BCUT2D eigenvalue weighted by molar-refractivity contribution is 7.22. The lowest BCUT2D eigenvalue weighted by Gasteiger charge is -2.15. The number of aliphatic hydroxyl groups excluding tert-OH is 1. The van der Waals surface area contributed by atoms with Gasteiger partial charge in [0.2, 0.25) is 0 Å². The predicted molar refractivity (Wildman–Crippen MR) is 149 cm³/mol. The summed E-state index contributed by atoms with van der Waals surface area (Å²) < 4.78 is 13.2. The molecule has 5 heteroatoms. The average molecular weight is 502 g/mol. The molecule has 4 nitrogen and oxygen atoms in total. The monoisotopic (exact) mass is 501 g/mol. The lowest BCUT2D eigenvalue weighted by atomic mass is 9.99. The van der Waals surface area contributed by atoms with Crippen molar-refractivity contribution in [2.45, 2.75) is 32.1 Å². The van der Waals surface area contributed by atoms with Crippen LogP contribution >= 0.6 is 11.3 Å².